The number of carbonyl (C=O) groups excluding carboxylic acids is 1. The lowest BCUT2D eigenvalue weighted by Crippen LogP contribution is -2.69. The molecule has 2 atom stereocenters. The summed E-state index contributed by atoms with van der Waals surface area (Å²) in [7, 11) is -1.94. The second-order valence-electron chi connectivity index (χ2n) is 9.42. The molecule has 0 saturated carbocycles. The Labute approximate surface area is 160 Å². The van der Waals surface area contributed by atoms with E-state index in [0.29, 0.717) is 19.0 Å². The first kappa shape index (κ1) is 18.5. The molecule has 1 amide bonds. The van der Waals surface area contributed by atoms with Gasteiger partial charge in [-0.15, -0.1) is 11.8 Å². The molecule has 4 aliphatic heterocycles. The number of aliphatic carboxylic acids is 1. The van der Waals surface area contributed by atoms with Crippen LogP contribution < -0.4 is 5.73 Å². The number of carbonyl (C=O) groups is 2. The van der Waals surface area contributed by atoms with E-state index in [9.17, 15) is 14.7 Å². The predicted molar refractivity (Wildman–Crippen MR) is 105 cm³/mol. The first-order chi connectivity index (χ1) is 12.1. The minimum absolute atomic E-state index is 0.0746. The molecule has 4 rings (SSSR count). The summed E-state index contributed by atoms with van der Waals surface area (Å²) in [6, 6.07) is 0.637. The van der Waals surface area contributed by atoms with E-state index in [0.717, 1.165) is 23.1 Å². The van der Waals surface area contributed by atoms with E-state index in [1.54, 1.807) is 11.8 Å². The molecular formula is C18H30N3O3SSi+. The normalized spacial score (nSPS) is 39.7. The minimum atomic E-state index is -1.94. The highest BCUT2D eigenvalue weighted by molar-refractivity contribution is 8.03. The van der Waals surface area contributed by atoms with E-state index < -0.39 is 18.5 Å². The molecule has 0 bridgehead atoms. The third-order valence-corrected chi connectivity index (χ3v) is 13.0. The molecule has 0 spiro atoms. The zero-order chi connectivity index (χ0) is 18.9. The molecule has 0 aliphatic carbocycles. The third kappa shape index (κ3) is 2.45. The van der Waals surface area contributed by atoms with Crippen LogP contribution in [0.4, 0.5) is 0 Å². The van der Waals surface area contributed by atoms with Crippen molar-refractivity contribution in [3.63, 3.8) is 0 Å². The first-order valence-corrected chi connectivity index (χ1v) is 14.1. The highest BCUT2D eigenvalue weighted by Gasteiger charge is 2.60. The van der Waals surface area contributed by atoms with Crippen molar-refractivity contribution in [2.24, 2.45) is 5.73 Å². The maximum Gasteiger partial charge on any atom is 0.352 e. The van der Waals surface area contributed by atoms with Gasteiger partial charge in [-0.2, -0.15) is 0 Å². The van der Waals surface area contributed by atoms with Gasteiger partial charge in [-0.05, 0) is 0 Å². The summed E-state index contributed by atoms with van der Waals surface area (Å²) in [5, 5.41) is 9.94. The number of rotatable bonds is 4. The lowest BCUT2D eigenvalue weighted by Gasteiger charge is -2.55. The Kier molecular flexibility index (Phi) is 4.15. The Hall–Kier alpha value is -0.833. The molecule has 0 aromatic heterocycles. The van der Waals surface area contributed by atoms with E-state index in [1.807, 2.05) is 0 Å². The SMILES string of the molecule is C[Si](C)(C)C1(N)S[C@@H]2CC(=O)N2C(C(=O)O)=C1C[N+]12CCCC1CCC2. The summed E-state index contributed by atoms with van der Waals surface area (Å²) in [5.41, 5.74) is 8.10. The maximum absolute atomic E-state index is 12.3. The molecule has 1 unspecified atom stereocenters. The Morgan fingerprint density at radius 1 is 1.35 bits per heavy atom. The lowest BCUT2D eigenvalue weighted by atomic mass is 10.0. The van der Waals surface area contributed by atoms with Crippen molar-refractivity contribution >= 4 is 31.7 Å². The molecular weight excluding hydrogens is 366 g/mol. The lowest BCUT2D eigenvalue weighted by molar-refractivity contribution is -0.923. The van der Waals surface area contributed by atoms with Crippen LogP contribution in [0.2, 0.25) is 19.6 Å². The van der Waals surface area contributed by atoms with Crippen molar-refractivity contribution in [1.29, 1.82) is 0 Å². The minimum Gasteiger partial charge on any atom is -0.477 e. The molecule has 3 saturated heterocycles. The van der Waals surface area contributed by atoms with Gasteiger partial charge in [-0.3, -0.25) is 9.69 Å². The van der Waals surface area contributed by atoms with Gasteiger partial charge in [0.1, 0.15) is 12.2 Å². The van der Waals surface area contributed by atoms with Crippen molar-refractivity contribution in [3.8, 4) is 0 Å². The maximum atomic E-state index is 12.3. The van der Waals surface area contributed by atoms with Gasteiger partial charge in [0.05, 0.1) is 43.5 Å². The highest BCUT2D eigenvalue weighted by Crippen LogP contribution is 2.52. The summed E-state index contributed by atoms with van der Waals surface area (Å²) in [6.07, 6.45) is 5.30. The number of thioether (sulfide) groups is 1. The number of fused-ring (bicyclic) bond motifs is 2. The monoisotopic (exact) mass is 396 g/mol. The fourth-order valence-electron chi connectivity index (χ4n) is 5.47. The average molecular weight is 397 g/mol. The number of carboxylic acid groups (broad SMARTS) is 1. The number of quaternary nitrogens is 1. The zero-order valence-electron chi connectivity index (χ0n) is 16.0. The summed E-state index contributed by atoms with van der Waals surface area (Å²) in [5.74, 6) is -1.06. The topological polar surface area (TPSA) is 83.6 Å². The highest BCUT2D eigenvalue weighted by atomic mass is 32.2. The Bertz CT molecular complexity index is 694. The number of β-lactam (4-membered cyclic amide) rings is 1. The van der Waals surface area contributed by atoms with Gasteiger partial charge in [0.15, 0.2) is 0 Å². The average Bonchev–Trinajstić information content (AvgIpc) is 3.07. The number of nitrogens with zero attached hydrogens (tertiary/aromatic N) is 2. The fourth-order valence-corrected chi connectivity index (χ4v) is 9.68. The van der Waals surface area contributed by atoms with Crippen molar-refractivity contribution in [2.45, 2.75) is 67.7 Å². The van der Waals surface area contributed by atoms with Crippen LogP contribution in [0.3, 0.4) is 0 Å². The van der Waals surface area contributed by atoms with Crippen LogP contribution >= 0.6 is 11.8 Å². The van der Waals surface area contributed by atoms with Crippen LogP contribution in [0.5, 0.6) is 0 Å². The van der Waals surface area contributed by atoms with Gasteiger partial charge in [0.25, 0.3) is 0 Å². The smallest absolute Gasteiger partial charge is 0.352 e. The molecule has 3 fully saturated rings. The molecule has 3 N–H and O–H groups in total. The van der Waals surface area contributed by atoms with Gasteiger partial charge < -0.3 is 15.3 Å². The number of nitrogens with two attached hydrogens (primary N) is 1. The van der Waals surface area contributed by atoms with Gasteiger partial charge in [0.2, 0.25) is 5.91 Å². The molecule has 6 nitrogen and oxygen atoms in total. The van der Waals surface area contributed by atoms with E-state index in [1.165, 1.54) is 30.6 Å². The fraction of sp³-hybridized carbons (Fsp3) is 0.778. The number of hydrogen-bond acceptors (Lipinski definition) is 4. The van der Waals surface area contributed by atoms with E-state index in [-0.39, 0.29) is 17.0 Å². The number of carboxylic acids is 1. The molecule has 4 heterocycles. The zero-order valence-corrected chi connectivity index (χ0v) is 17.8. The van der Waals surface area contributed by atoms with E-state index in [4.69, 9.17) is 5.73 Å². The molecule has 0 aromatic rings. The molecule has 0 aromatic carbocycles. The Balaban J connectivity index is 1.85. The first-order valence-electron chi connectivity index (χ1n) is 9.70. The summed E-state index contributed by atoms with van der Waals surface area (Å²) in [4.78, 5) is 26.0. The molecule has 0 radical (unpaired) electrons. The second-order valence-corrected chi connectivity index (χ2v) is 16.5. The second kappa shape index (κ2) is 5.83. The van der Waals surface area contributed by atoms with Crippen molar-refractivity contribution in [1.82, 2.24) is 4.90 Å². The van der Waals surface area contributed by atoms with Gasteiger partial charge in [-0.1, -0.05) is 19.6 Å². The van der Waals surface area contributed by atoms with Crippen LogP contribution in [0.1, 0.15) is 32.1 Å². The number of amides is 1. The summed E-state index contributed by atoms with van der Waals surface area (Å²) in [6.45, 7) is 9.61. The van der Waals surface area contributed by atoms with Gasteiger partial charge in [0, 0.05) is 31.3 Å². The van der Waals surface area contributed by atoms with Crippen molar-refractivity contribution in [2.75, 3.05) is 19.6 Å². The predicted octanol–water partition coefficient (Wildman–Crippen LogP) is 1.94. The standard InChI is InChI=1S/C18H29N3O3SSi/c1-26(2,3)18(19)13(11-21-8-4-6-12(21)7-5-9-21)16(17(23)24)20-14(22)10-15(20)25-18/h12,15H,4-11,19H2,1-3H3/p+1/t12?,15-,18?,21?/m1/s1. The Morgan fingerprint density at radius 2 is 1.96 bits per heavy atom. The van der Waals surface area contributed by atoms with E-state index >= 15 is 0 Å². The third-order valence-electron chi connectivity index (χ3n) is 7.05. The molecule has 144 valence electrons. The molecule has 8 heteroatoms. The van der Waals surface area contributed by atoms with Crippen LogP contribution in [-0.4, -0.2) is 70.0 Å². The molecule has 26 heavy (non-hydrogen) atoms. The van der Waals surface area contributed by atoms with Crippen molar-refractivity contribution in [3.05, 3.63) is 11.3 Å². The number of hydrogen-bond donors (Lipinski definition) is 2. The van der Waals surface area contributed by atoms with Crippen molar-refractivity contribution < 1.29 is 19.2 Å². The largest absolute Gasteiger partial charge is 0.477 e. The van der Waals surface area contributed by atoms with Crippen LogP contribution in [0, 0.1) is 0 Å². The van der Waals surface area contributed by atoms with E-state index in [2.05, 4.69) is 19.6 Å². The Morgan fingerprint density at radius 3 is 2.46 bits per heavy atom. The van der Waals surface area contributed by atoms with Crippen LogP contribution in [-0.2, 0) is 9.59 Å². The summed E-state index contributed by atoms with van der Waals surface area (Å²) >= 11 is 1.65. The van der Waals surface area contributed by atoms with Crippen LogP contribution in [0.25, 0.3) is 0 Å². The molecule has 4 aliphatic rings. The summed E-state index contributed by atoms with van der Waals surface area (Å²) < 4.78 is 0.355. The van der Waals surface area contributed by atoms with Gasteiger partial charge in [-0.25, -0.2) is 4.79 Å². The quantitative estimate of drug-likeness (QED) is 0.431. The van der Waals surface area contributed by atoms with Gasteiger partial charge >= 0.3 is 5.97 Å². The van der Waals surface area contributed by atoms with Crippen LogP contribution in [0.15, 0.2) is 11.3 Å².